The molecular weight excluding hydrogens is 444 g/mol. The van der Waals surface area contributed by atoms with Gasteiger partial charge in [0, 0.05) is 22.4 Å². The second-order valence-corrected chi connectivity index (χ2v) is 9.67. The molecule has 3 heterocycles. The number of hydrogen-bond donors (Lipinski definition) is 3. The molecule has 0 amide bonds. The predicted octanol–water partition coefficient (Wildman–Crippen LogP) is 6.34. The highest BCUT2D eigenvalue weighted by molar-refractivity contribution is 6.04. The number of nitrogens with zero attached hydrogens (tertiary/aromatic N) is 3. The van der Waals surface area contributed by atoms with Gasteiger partial charge in [0.2, 0.25) is 0 Å². The zero-order chi connectivity index (χ0) is 24.5. The number of nitrogens with one attached hydrogen (secondary N) is 2. The van der Waals surface area contributed by atoms with E-state index in [1.807, 2.05) is 30.3 Å². The molecule has 2 aliphatic carbocycles. The smallest absolute Gasteiger partial charge is 0.0890 e. The maximum absolute atomic E-state index is 8.35. The largest absolute Gasteiger partial charge is 0.397 e. The summed E-state index contributed by atoms with van der Waals surface area (Å²) in [6, 6.07) is 20.4. The van der Waals surface area contributed by atoms with Gasteiger partial charge in [0.25, 0.3) is 0 Å². The number of H-pyrrole nitrogens is 1. The van der Waals surface area contributed by atoms with Crippen LogP contribution >= 0.6 is 0 Å². The SMILES string of the molecule is N=C1CCCC/C1=C(/N)c1cccc(-c2ccccc2-c2cccc(-c3[nH]nc4c3CCCC4)n2)n1. The van der Waals surface area contributed by atoms with Crippen LogP contribution in [0, 0.1) is 5.41 Å². The van der Waals surface area contributed by atoms with Gasteiger partial charge >= 0.3 is 0 Å². The number of nitrogens with two attached hydrogens (primary N) is 1. The monoisotopic (exact) mass is 474 g/mol. The first-order chi connectivity index (χ1) is 17.7. The fourth-order valence-corrected chi connectivity index (χ4v) is 5.43. The molecule has 3 aromatic heterocycles. The topological polar surface area (TPSA) is 104 Å². The Hall–Kier alpha value is -4.06. The number of aromatic nitrogens is 4. The van der Waals surface area contributed by atoms with Crippen LogP contribution in [0.25, 0.3) is 39.6 Å². The standard InChI is InChI=1S/C30H30N6/c31-23-13-5-3-11-21(23)29(32)27-17-7-15-24(33-27)19-9-1-2-10-20(19)25-16-8-18-28(34-25)30-22-12-4-6-14-26(22)35-36-30/h1-2,7-10,15-18,31H,3-6,11-14,32H2,(H,35,36)/b29-21-,31-23?. The van der Waals surface area contributed by atoms with E-state index in [1.165, 1.54) is 24.1 Å². The molecular formula is C30H30N6. The number of aryl methyl sites for hydroxylation is 1. The lowest BCUT2D eigenvalue weighted by Gasteiger charge is -2.18. The molecule has 0 atom stereocenters. The van der Waals surface area contributed by atoms with E-state index in [2.05, 4.69) is 40.5 Å². The van der Waals surface area contributed by atoms with Crippen molar-refractivity contribution in [1.82, 2.24) is 20.2 Å². The maximum Gasteiger partial charge on any atom is 0.0890 e. The van der Waals surface area contributed by atoms with Gasteiger partial charge in [-0.05, 0) is 81.2 Å². The van der Waals surface area contributed by atoms with Gasteiger partial charge in [0.05, 0.1) is 39.9 Å². The Bertz CT molecular complexity index is 1480. The minimum Gasteiger partial charge on any atom is -0.397 e. The van der Waals surface area contributed by atoms with Crippen molar-refractivity contribution < 1.29 is 0 Å². The Kier molecular flexibility index (Phi) is 5.93. The molecule has 1 aromatic carbocycles. The van der Waals surface area contributed by atoms with Gasteiger partial charge in [-0.1, -0.05) is 36.4 Å². The van der Waals surface area contributed by atoms with E-state index in [0.29, 0.717) is 11.4 Å². The van der Waals surface area contributed by atoms with Crippen LogP contribution in [0.15, 0.2) is 66.2 Å². The molecule has 4 N–H and O–H groups in total. The summed E-state index contributed by atoms with van der Waals surface area (Å²) >= 11 is 0. The minimum absolute atomic E-state index is 0.628. The second kappa shape index (κ2) is 9.53. The van der Waals surface area contributed by atoms with Crippen molar-refractivity contribution in [3.63, 3.8) is 0 Å². The van der Waals surface area contributed by atoms with Crippen molar-refractivity contribution in [2.24, 2.45) is 5.73 Å². The molecule has 2 aliphatic rings. The van der Waals surface area contributed by atoms with Crippen molar-refractivity contribution in [3.8, 4) is 33.9 Å². The Morgan fingerprint density at radius 2 is 1.39 bits per heavy atom. The van der Waals surface area contributed by atoms with Crippen LogP contribution < -0.4 is 5.73 Å². The summed E-state index contributed by atoms with van der Waals surface area (Å²) < 4.78 is 0. The van der Waals surface area contributed by atoms with Crippen LogP contribution in [0.1, 0.15) is 55.5 Å². The molecule has 6 heteroatoms. The lowest BCUT2D eigenvalue weighted by Crippen LogP contribution is -2.14. The van der Waals surface area contributed by atoms with Gasteiger partial charge in [0.15, 0.2) is 0 Å². The highest BCUT2D eigenvalue weighted by atomic mass is 15.1. The number of benzene rings is 1. The second-order valence-electron chi connectivity index (χ2n) is 9.67. The number of allylic oxidation sites excluding steroid dienone is 1. The zero-order valence-corrected chi connectivity index (χ0v) is 20.3. The number of aromatic amines is 1. The fourth-order valence-electron chi connectivity index (χ4n) is 5.43. The van der Waals surface area contributed by atoms with Crippen LogP contribution in [0.4, 0.5) is 0 Å². The summed E-state index contributed by atoms with van der Waals surface area (Å²) in [5, 5.41) is 16.2. The van der Waals surface area contributed by atoms with E-state index in [9.17, 15) is 0 Å². The average Bonchev–Trinajstić information content (AvgIpc) is 3.37. The van der Waals surface area contributed by atoms with Crippen molar-refractivity contribution in [3.05, 3.63) is 83.2 Å². The molecule has 0 unspecified atom stereocenters. The van der Waals surface area contributed by atoms with Crippen molar-refractivity contribution >= 4 is 11.4 Å². The highest BCUT2D eigenvalue weighted by Crippen LogP contribution is 2.34. The van der Waals surface area contributed by atoms with Crippen LogP contribution in [0.3, 0.4) is 0 Å². The van der Waals surface area contributed by atoms with Crippen LogP contribution in [-0.4, -0.2) is 25.9 Å². The van der Waals surface area contributed by atoms with Gasteiger partial charge in [-0.3, -0.25) is 5.10 Å². The van der Waals surface area contributed by atoms with E-state index in [1.54, 1.807) is 0 Å². The van der Waals surface area contributed by atoms with Gasteiger partial charge in [0.1, 0.15) is 0 Å². The molecule has 180 valence electrons. The van der Waals surface area contributed by atoms with E-state index < -0.39 is 0 Å². The average molecular weight is 475 g/mol. The van der Waals surface area contributed by atoms with Gasteiger partial charge < -0.3 is 11.1 Å². The summed E-state index contributed by atoms with van der Waals surface area (Å²) in [6.45, 7) is 0. The zero-order valence-electron chi connectivity index (χ0n) is 20.3. The Morgan fingerprint density at radius 1 is 0.722 bits per heavy atom. The lowest BCUT2D eigenvalue weighted by molar-refractivity contribution is 0.675. The minimum atomic E-state index is 0.628. The first kappa shape index (κ1) is 22.4. The Labute approximate surface area is 211 Å². The number of fused-ring (bicyclic) bond motifs is 1. The molecule has 1 saturated carbocycles. The lowest BCUT2D eigenvalue weighted by atomic mass is 9.90. The Balaban J connectivity index is 1.40. The summed E-state index contributed by atoms with van der Waals surface area (Å²) in [7, 11) is 0. The van der Waals surface area contributed by atoms with Crippen molar-refractivity contribution in [2.45, 2.75) is 51.4 Å². The molecule has 1 fully saturated rings. The molecule has 0 spiro atoms. The Morgan fingerprint density at radius 3 is 2.19 bits per heavy atom. The van der Waals surface area contributed by atoms with Crippen molar-refractivity contribution in [2.75, 3.05) is 0 Å². The quantitative estimate of drug-likeness (QED) is 0.321. The van der Waals surface area contributed by atoms with Gasteiger partial charge in [-0.2, -0.15) is 5.10 Å². The normalized spacial score (nSPS) is 17.1. The first-order valence-electron chi connectivity index (χ1n) is 12.9. The summed E-state index contributed by atoms with van der Waals surface area (Å²) in [4.78, 5) is 10.0. The summed E-state index contributed by atoms with van der Waals surface area (Å²) in [5.41, 5.74) is 17.7. The van der Waals surface area contributed by atoms with Crippen molar-refractivity contribution in [1.29, 1.82) is 5.41 Å². The third kappa shape index (κ3) is 4.13. The van der Waals surface area contributed by atoms with Gasteiger partial charge in [-0.25, -0.2) is 9.97 Å². The molecule has 36 heavy (non-hydrogen) atoms. The molecule has 0 saturated heterocycles. The van der Waals surface area contributed by atoms with E-state index in [4.69, 9.17) is 21.1 Å². The van der Waals surface area contributed by atoms with Gasteiger partial charge in [-0.15, -0.1) is 0 Å². The first-order valence-corrected chi connectivity index (χ1v) is 12.9. The molecule has 6 nitrogen and oxygen atoms in total. The van der Waals surface area contributed by atoms with Crippen LogP contribution in [0.5, 0.6) is 0 Å². The number of hydrogen-bond acceptors (Lipinski definition) is 5. The fraction of sp³-hybridized carbons (Fsp3) is 0.267. The molecule has 6 rings (SSSR count). The molecule has 0 bridgehead atoms. The third-order valence-electron chi connectivity index (χ3n) is 7.35. The molecule has 0 aliphatic heterocycles. The highest BCUT2D eigenvalue weighted by Gasteiger charge is 2.20. The summed E-state index contributed by atoms with van der Waals surface area (Å²) in [6.07, 6.45) is 8.26. The van der Waals surface area contributed by atoms with Crippen LogP contribution in [0.2, 0.25) is 0 Å². The van der Waals surface area contributed by atoms with E-state index >= 15 is 0 Å². The van der Waals surface area contributed by atoms with E-state index in [0.717, 1.165) is 83.7 Å². The summed E-state index contributed by atoms with van der Waals surface area (Å²) in [5.74, 6) is 0. The van der Waals surface area contributed by atoms with Crippen LogP contribution in [-0.2, 0) is 12.8 Å². The van der Waals surface area contributed by atoms with E-state index in [-0.39, 0.29) is 0 Å². The molecule has 0 radical (unpaired) electrons. The number of rotatable bonds is 4. The predicted molar refractivity (Wildman–Crippen MR) is 144 cm³/mol. The number of pyridine rings is 2. The molecule has 4 aromatic rings. The third-order valence-corrected chi connectivity index (χ3v) is 7.35. The maximum atomic E-state index is 8.35.